The van der Waals surface area contributed by atoms with Crippen LogP contribution in [-0.2, 0) is 11.3 Å². The number of thiophene rings is 1. The summed E-state index contributed by atoms with van der Waals surface area (Å²) in [6.45, 7) is 4.17. The summed E-state index contributed by atoms with van der Waals surface area (Å²) in [6, 6.07) is 2.14. The Hall–Kier alpha value is 0.0600. The van der Waals surface area contributed by atoms with E-state index in [0.717, 1.165) is 19.5 Å². The van der Waals surface area contributed by atoms with Crippen molar-refractivity contribution < 1.29 is 9.84 Å². The number of aryl methyl sites for hydroxylation is 1. The van der Waals surface area contributed by atoms with E-state index in [1.54, 1.807) is 18.4 Å². The maximum atomic E-state index is 9.42. The van der Waals surface area contributed by atoms with Crippen LogP contribution in [0.5, 0.6) is 0 Å². The molecule has 0 spiro atoms. The van der Waals surface area contributed by atoms with Crippen molar-refractivity contribution in [2.24, 2.45) is 0 Å². The summed E-state index contributed by atoms with van der Waals surface area (Å²) < 4.78 is 6.03. The van der Waals surface area contributed by atoms with Gasteiger partial charge in [-0.15, -0.1) is 11.3 Å². The molecule has 1 rings (SSSR count). The molecule has 1 unspecified atom stereocenters. The van der Waals surface area contributed by atoms with Gasteiger partial charge in [0.15, 0.2) is 0 Å². The Bertz CT molecular complexity index is 297. The first-order valence-corrected chi connectivity index (χ1v) is 6.87. The molecule has 1 aromatic heterocycles. The molecule has 5 heteroatoms. The standard InChI is InChI=1S/C11H18BrNO2S/c1-8-11(12)5-10(16-8)6-13-4-3-9(14)7-15-2/h5,9,13-14H,3-4,6-7H2,1-2H3. The molecule has 0 amide bonds. The largest absolute Gasteiger partial charge is 0.391 e. The van der Waals surface area contributed by atoms with Crippen LogP contribution in [0.2, 0.25) is 0 Å². The van der Waals surface area contributed by atoms with E-state index in [2.05, 4.69) is 34.2 Å². The Labute approximate surface area is 109 Å². The van der Waals surface area contributed by atoms with E-state index in [1.807, 2.05) is 0 Å². The number of halogens is 1. The molecule has 0 saturated carbocycles. The number of ether oxygens (including phenoxy) is 1. The van der Waals surface area contributed by atoms with Crippen molar-refractivity contribution in [3.05, 3.63) is 20.3 Å². The molecular weight excluding hydrogens is 290 g/mol. The average molecular weight is 308 g/mol. The van der Waals surface area contributed by atoms with Crippen LogP contribution in [0.4, 0.5) is 0 Å². The number of hydrogen-bond donors (Lipinski definition) is 2. The molecule has 1 atom stereocenters. The summed E-state index contributed by atoms with van der Waals surface area (Å²) in [5, 5.41) is 12.7. The molecule has 0 fully saturated rings. The van der Waals surface area contributed by atoms with Crippen molar-refractivity contribution in [2.45, 2.75) is 26.0 Å². The lowest BCUT2D eigenvalue weighted by atomic mass is 10.2. The second-order valence-corrected chi connectivity index (χ2v) is 5.89. The number of rotatable bonds is 7. The SMILES string of the molecule is COCC(O)CCNCc1cc(Br)c(C)s1. The maximum absolute atomic E-state index is 9.42. The smallest absolute Gasteiger partial charge is 0.0785 e. The van der Waals surface area contributed by atoms with Crippen molar-refractivity contribution in [3.63, 3.8) is 0 Å². The molecular formula is C11H18BrNO2S. The molecule has 0 aliphatic heterocycles. The highest BCUT2D eigenvalue weighted by Crippen LogP contribution is 2.25. The number of aliphatic hydroxyl groups is 1. The van der Waals surface area contributed by atoms with Gasteiger partial charge in [-0.3, -0.25) is 0 Å². The Balaban J connectivity index is 2.16. The second kappa shape index (κ2) is 7.40. The van der Waals surface area contributed by atoms with Gasteiger partial charge in [0, 0.05) is 27.9 Å². The van der Waals surface area contributed by atoms with Gasteiger partial charge in [0.2, 0.25) is 0 Å². The lowest BCUT2D eigenvalue weighted by molar-refractivity contribution is 0.0594. The summed E-state index contributed by atoms with van der Waals surface area (Å²) >= 11 is 5.28. The van der Waals surface area contributed by atoms with Crippen LogP contribution in [0.15, 0.2) is 10.5 Å². The van der Waals surface area contributed by atoms with Crippen LogP contribution in [0.1, 0.15) is 16.2 Å². The molecule has 0 aliphatic carbocycles. The Morgan fingerprint density at radius 2 is 2.38 bits per heavy atom. The summed E-state index contributed by atoms with van der Waals surface area (Å²) in [6.07, 6.45) is 0.355. The van der Waals surface area contributed by atoms with Crippen LogP contribution in [0.25, 0.3) is 0 Å². The second-order valence-electron chi connectivity index (χ2n) is 3.69. The zero-order valence-corrected chi connectivity index (χ0v) is 12.0. The van der Waals surface area contributed by atoms with Crippen LogP contribution in [-0.4, -0.2) is 31.5 Å². The van der Waals surface area contributed by atoms with Crippen LogP contribution in [0, 0.1) is 6.92 Å². The number of nitrogens with one attached hydrogen (secondary N) is 1. The van der Waals surface area contributed by atoms with E-state index in [4.69, 9.17) is 4.74 Å². The van der Waals surface area contributed by atoms with Gasteiger partial charge in [0.25, 0.3) is 0 Å². The highest BCUT2D eigenvalue weighted by Gasteiger charge is 2.04. The molecule has 2 N–H and O–H groups in total. The van der Waals surface area contributed by atoms with Gasteiger partial charge in [-0.1, -0.05) is 0 Å². The van der Waals surface area contributed by atoms with Crippen molar-refractivity contribution in [1.29, 1.82) is 0 Å². The minimum absolute atomic E-state index is 0.366. The first-order valence-electron chi connectivity index (χ1n) is 5.26. The third kappa shape index (κ3) is 4.93. The lowest BCUT2D eigenvalue weighted by Crippen LogP contribution is -2.22. The zero-order valence-electron chi connectivity index (χ0n) is 9.62. The first-order chi connectivity index (χ1) is 7.63. The minimum atomic E-state index is -0.366. The van der Waals surface area contributed by atoms with Gasteiger partial charge in [0.1, 0.15) is 0 Å². The van der Waals surface area contributed by atoms with Gasteiger partial charge in [-0.2, -0.15) is 0 Å². The van der Waals surface area contributed by atoms with Crippen molar-refractivity contribution in [2.75, 3.05) is 20.3 Å². The molecule has 0 bridgehead atoms. The Kier molecular flexibility index (Phi) is 6.53. The number of methoxy groups -OCH3 is 1. The van der Waals surface area contributed by atoms with E-state index in [0.29, 0.717) is 6.61 Å². The highest BCUT2D eigenvalue weighted by atomic mass is 79.9. The van der Waals surface area contributed by atoms with Gasteiger partial charge in [-0.25, -0.2) is 0 Å². The zero-order chi connectivity index (χ0) is 12.0. The van der Waals surface area contributed by atoms with Crippen LogP contribution < -0.4 is 5.32 Å². The fraction of sp³-hybridized carbons (Fsp3) is 0.636. The Morgan fingerprint density at radius 1 is 1.62 bits per heavy atom. The van der Waals surface area contributed by atoms with Gasteiger partial charge in [0.05, 0.1) is 12.7 Å². The quantitative estimate of drug-likeness (QED) is 0.760. The molecule has 0 aromatic carbocycles. The molecule has 1 aromatic rings. The summed E-state index contributed by atoms with van der Waals surface area (Å²) in [5.41, 5.74) is 0. The Morgan fingerprint density at radius 3 is 2.94 bits per heavy atom. The molecule has 0 radical (unpaired) electrons. The maximum Gasteiger partial charge on any atom is 0.0785 e. The summed E-state index contributed by atoms with van der Waals surface area (Å²) in [4.78, 5) is 2.61. The monoisotopic (exact) mass is 307 g/mol. The van der Waals surface area contributed by atoms with E-state index in [9.17, 15) is 5.11 Å². The van der Waals surface area contributed by atoms with Gasteiger partial charge in [-0.05, 0) is 41.9 Å². The first kappa shape index (κ1) is 14.1. The molecule has 16 heavy (non-hydrogen) atoms. The van der Waals surface area contributed by atoms with Gasteiger partial charge >= 0.3 is 0 Å². The predicted molar refractivity (Wildman–Crippen MR) is 71.0 cm³/mol. The molecule has 1 heterocycles. The van der Waals surface area contributed by atoms with Crippen molar-refractivity contribution >= 4 is 27.3 Å². The lowest BCUT2D eigenvalue weighted by Gasteiger charge is -2.09. The van der Waals surface area contributed by atoms with Crippen LogP contribution >= 0.6 is 27.3 Å². The van der Waals surface area contributed by atoms with E-state index in [1.165, 1.54) is 14.2 Å². The van der Waals surface area contributed by atoms with E-state index in [-0.39, 0.29) is 6.10 Å². The topological polar surface area (TPSA) is 41.5 Å². The van der Waals surface area contributed by atoms with Gasteiger partial charge < -0.3 is 15.2 Å². The van der Waals surface area contributed by atoms with E-state index < -0.39 is 0 Å². The fourth-order valence-corrected chi connectivity index (χ4v) is 2.93. The molecule has 0 aliphatic rings. The van der Waals surface area contributed by atoms with Crippen molar-refractivity contribution in [1.82, 2.24) is 5.32 Å². The molecule has 3 nitrogen and oxygen atoms in total. The summed E-state index contributed by atoms with van der Waals surface area (Å²) in [5.74, 6) is 0. The predicted octanol–water partition coefficient (Wildman–Crippen LogP) is 2.31. The number of aliphatic hydroxyl groups excluding tert-OH is 1. The normalized spacial score (nSPS) is 13.0. The molecule has 92 valence electrons. The molecule has 0 saturated heterocycles. The summed E-state index contributed by atoms with van der Waals surface area (Å²) in [7, 11) is 1.60. The minimum Gasteiger partial charge on any atom is -0.391 e. The van der Waals surface area contributed by atoms with E-state index >= 15 is 0 Å². The highest BCUT2D eigenvalue weighted by molar-refractivity contribution is 9.10. The van der Waals surface area contributed by atoms with Crippen molar-refractivity contribution in [3.8, 4) is 0 Å². The number of hydrogen-bond acceptors (Lipinski definition) is 4. The fourth-order valence-electron chi connectivity index (χ4n) is 1.36. The third-order valence-electron chi connectivity index (χ3n) is 2.22. The average Bonchev–Trinajstić information content (AvgIpc) is 2.54. The third-order valence-corrected chi connectivity index (χ3v) is 4.36. The van der Waals surface area contributed by atoms with Crippen LogP contribution in [0.3, 0.4) is 0 Å².